The maximum absolute atomic E-state index is 6.19. The lowest BCUT2D eigenvalue weighted by molar-refractivity contribution is 0.198. The van der Waals surface area contributed by atoms with Crippen LogP contribution in [0.15, 0.2) is 12.1 Å². The van der Waals surface area contributed by atoms with Crippen LogP contribution in [0.3, 0.4) is 0 Å². The minimum Gasteiger partial charge on any atom is -0.493 e. The molecule has 1 aromatic rings. The molecule has 112 valence electrons. The lowest BCUT2D eigenvalue weighted by Gasteiger charge is -2.20. The molecule has 1 aliphatic rings. The maximum atomic E-state index is 6.19. The van der Waals surface area contributed by atoms with E-state index in [9.17, 15) is 0 Å². The second-order valence-corrected chi connectivity index (χ2v) is 6.09. The van der Waals surface area contributed by atoms with E-state index in [4.69, 9.17) is 21.1 Å². The molecular weight excluding hydrogens is 274 g/mol. The van der Waals surface area contributed by atoms with Crippen LogP contribution in [0.5, 0.6) is 11.5 Å². The Balaban J connectivity index is 2.23. The van der Waals surface area contributed by atoms with Crippen molar-refractivity contribution in [2.45, 2.75) is 58.2 Å². The van der Waals surface area contributed by atoms with E-state index < -0.39 is 0 Å². The molecule has 0 heterocycles. The quantitative estimate of drug-likeness (QED) is 0.855. The van der Waals surface area contributed by atoms with E-state index >= 15 is 0 Å². The highest BCUT2D eigenvalue weighted by atomic mass is 35.5. The average molecular weight is 298 g/mol. The minimum absolute atomic E-state index is 0.308. The van der Waals surface area contributed by atoms with Gasteiger partial charge in [-0.25, -0.2) is 0 Å². The van der Waals surface area contributed by atoms with Gasteiger partial charge in [0.2, 0.25) is 0 Å². The molecule has 0 spiro atoms. The van der Waals surface area contributed by atoms with Gasteiger partial charge in [-0.2, -0.15) is 0 Å². The number of hydrogen-bond acceptors (Lipinski definition) is 3. The first kappa shape index (κ1) is 15.5. The Labute approximate surface area is 126 Å². The number of halogens is 1. The molecule has 0 radical (unpaired) electrons. The van der Waals surface area contributed by atoms with Crippen LogP contribution in [0.25, 0.3) is 0 Å². The highest BCUT2D eigenvalue weighted by Gasteiger charge is 2.21. The van der Waals surface area contributed by atoms with Crippen LogP contribution in [-0.4, -0.2) is 19.3 Å². The van der Waals surface area contributed by atoms with Crippen molar-refractivity contribution in [1.82, 2.24) is 5.32 Å². The first-order valence-corrected chi connectivity index (χ1v) is 7.74. The van der Waals surface area contributed by atoms with Crippen molar-refractivity contribution in [3.8, 4) is 11.5 Å². The maximum Gasteiger partial charge on any atom is 0.166 e. The molecule has 4 heteroatoms. The van der Waals surface area contributed by atoms with Crippen LogP contribution in [0.4, 0.5) is 0 Å². The van der Waals surface area contributed by atoms with Gasteiger partial charge < -0.3 is 14.8 Å². The molecule has 0 aliphatic heterocycles. The van der Waals surface area contributed by atoms with Crippen LogP contribution < -0.4 is 14.8 Å². The molecule has 0 amide bonds. The second kappa shape index (κ2) is 7.19. The van der Waals surface area contributed by atoms with Crippen LogP contribution in [0.2, 0.25) is 5.02 Å². The first-order valence-electron chi connectivity index (χ1n) is 7.36. The zero-order valence-electron chi connectivity index (χ0n) is 12.5. The molecule has 1 saturated carbocycles. The molecule has 3 nitrogen and oxygen atoms in total. The van der Waals surface area contributed by atoms with Crippen molar-refractivity contribution < 1.29 is 9.47 Å². The van der Waals surface area contributed by atoms with Gasteiger partial charge in [0, 0.05) is 29.2 Å². The van der Waals surface area contributed by atoms with E-state index in [0.717, 1.165) is 36.4 Å². The fraction of sp³-hybridized carbons (Fsp3) is 0.625. The molecule has 0 aromatic heterocycles. The van der Waals surface area contributed by atoms with E-state index in [1.54, 1.807) is 7.11 Å². The van der Waals surface area contributed by atoms with Gasteiger partial charge >= 0.3 is 0 Å². The SMILES string of the molecule is COc1cc(Cl)cc(CNC(C)C)c1OC1CCCC1. The number of benzene rings is 1. The van der Waals surface area contributed by atoms with Crippen molar-refractivity contribution in [3.05, 3.63) is 22.7 Å². The van der Waals surface area contributed by atoms with Gasteiger partial charge in [0.15, 0.2) is 11.5 Å². The Bertz CT molecular complexity index is 442. The van der Waals surface area contributed by atoms with E-state index in [0.29, 0.717) is 17.2 Å². The van der Waals surface area contributed by atoms with Gasteiger partial charge in [-0.1, -0.05) is 25.4 Å². The van der Waals surface area contributed by atoms with Gasteiger partial charge in [0.05, 0.1) is 13.2 Å². The van der Waals surface area contributed by atoms with Crippen LogP contribution >= 0.6 is 11.6 Å². The minimum atomic E-state index is 0.308. The third-order valence-corrected chi connectivity index (χ3v) is 3.82. The van der Waals surface area contributed by atoms with Gasteiger partial charge in [0.1, 0.15) is 0 Å². The summed E-state index contributed by atoms with van der Waals surface area (Å²) in [5.41, 5.74) is 1.06. The third kappa shape index (κ3) is 4.03. The fourth-order valence-corrected chi connectivity index (χ4v) is 2.76. The second-order valence-electron chi connectivity index (χ2n) is 5.66. The molecule has 0 saturated heterocycles. The van der Waals surface area contributed by atoms with Gasteiger partial charge in [-0.3, -0.25) is 0 Å². The molecule has 0 bridgehead atoms. The smallest absolute Gasteiger partial charge is 0.166 e. The van der Waals surface area contributed by atoms with Crippen molar-refractivity contribution >= 4 is 11.6 Å². The molecule has 1 N–H and O–H groups in total. The summed E-state index contributed by atoms with van der Waals surface area (Å²) in [5, 5.41) is 4.09. The van der Waals surface area contributed by atoms with Crippen molar-refractivity contribution in [2.24, 2.45) is 0 Å². The number of hydrogen-bond donors (Lipinski definition) is 1. The Morgan fingerprint density at radius 1 is 1.30 bits per heavy atom. The Kier molecular flexibility index (Phi) is 5.55. The summed E-state index contributed by atoms with van der Waals surface area (Å²) in [6, 6.07) is 4.20. The van der Waals surface area contributed by atoms with Gasteiger partial charge in [0.25, 0.3) is 0 Å². The predicted octanol–water partition coefficient (Wildman–Crippen LogP) is 4.17. The van der Waals surface area contributed by atoms with Crippen LogP contribution in [-0.2, 0) is 6.54 Å². The number of rotatable bonds is 6. The van der Waals surface area contributed by atoms with Crippen LogP contribution in [0.1, 0.15) is 45.1 Å². The average Bonchev–Trinajstić information content (AvgIpc) is 2.91. The van der Waals surface area contributed by atoms with Crippen molar-refractivity contribution in [3.63, 3.8) is 0 Å². The van der Waals surface area contributed by atoms with Gasteiger partial charge in [-0.15, -0.1) is 0 Å². The molecule has 20 heavy (non-hydrogen) atoms. The zero-order valence-corrected chi connectivity index (χ0v) is 13.3. The monoisotopic (exact) mass is 297 g/mol. The number of ether oxygens (including phenoxy) is 2. The van der Waals surface area contributed by atoms with Gasteiger partial charge in [-0.05, 0) is 31.7 Å². The summed E-state index contributed by atoms with van der Waals surface area (Å²) in [7, 11) is 1.66. The molecule has 1 aromatic carbocycles. The normalized spacial score (nSPS) is 15.8. The van der Waals surface area contributed by atoms with Crippen molar-refractivity contribution in [2.75, 3.05) is 7.11 Å². The summed E-state index contributed by atoms with van der Waals surface area (Å²) in [4.78, 5) is 0. The fourth-order valence-electron chi connectivity index (χ4n) is 2.53. The molecule has 0 atom stereocenters. The summed E-state index contributed by atoms with van der Waals surface area (Å²) in [5.74, 6) is 1.57. The van der Waals surface area contributed by atoms with E-state index in [1.807, 2.05) is 12.1 Å². The van der Waals surface area contributed by atoms with E-state index in [1.165, 1.54) is 12.8 Å². The summed E-state index contributed by atoms with van der Waals surface area (Å²) >= 11 is 6.17. The summed E-state index contributed by atoms with van der Waals surface area (Å²) < 4.78 is 11.6. The Hall–Kier alpha value is -0.930. The Morgan fingerprint density at radius 3 is 2.60 bits per heavy atom. The summed E-state index contributed by atoms with van der Waals surface area (Å²) in [6.07, 6.45) is 5.06. The van der Waals surface area contributed by atoms with E-state index in [-0.39, 0.29) is 0 Å². The highest BCUT2D eigenvalue weighted by Crippen LogP contribution is 2.37. The van der Waals surface area contributed by atoms with E-state index in [2.05, 4.69) is 19.2 Å². The lowest BCUT2D eigenvalue weighted by atomic mass is 10.1. The van der Waals surface area contributed by atoms with Crippen LogP contribution in [0, 0.1) is 0 Å². The lowest BCUT2D eigenvalue weighted by Crippen LogP contribution is -2.23. The first-order chi connectivity index (χ1) is 9.60. The van der Waals surface area contributed by atoms with Crippen molar-refractivity contribution in [1.29, 1.82) is 0 Å². The molecule has 0 unspecified atom stereocenters. The molecule has 1 aliphatic carbocycles. The predicted molar refractivity (Wildman–Crippen MR) is 82.9 cm³/mol. The zero-order chi connectivity index (χ0) is 14.5. The molecular formula is C16H24ClNO2. The topological polar surface area (TPSA) is 30.5 Å². The third-order valence-electron chi connectivity index (χ3n) is 3.60. The number of nitrogens with one attached hydrogen (secondary N) is 1. The standard InChI is InChI=1S/C16H24ClNO2/c1-11(2)18-10-12-8-13(17)9-15(19-3)16(12)20-14-6-4-5-7-14/h8-9,11,14,18H,4-7,10H2,1-3H3. The number of methoxy groups -OCH3 is 1. The molecule has 2 rings (SSSR count). The molecule has 1 fully saturated rings. The summed E-state index contributed by atoms with van der Waals surface area (Å²) in [6.45, 7) is 4.98. The highest BCUT2D eigenvalue weighted by molar-refractivity contribution is 6.30. The Morgan fingerprint density at radius 2 is 2.00 bits per heavy atom. The largest absolute Gasteiger partial charge is 0.493 e.